The fraction of sp³-hybridized carbons (Fsp3) is 0.556. The number of benzene rings is 1. The molecule has 0 bridgehead atoms. The number of likely N-dealkylation sites (tertiary alicyclic amines) is 1. The van der Waals surface area contributed by atoms with Crippen molar-refractivity contribution >= 4 is 27.7 Å². The van der Waals surface area contributed by atoms with Gasteiger partial charge in [0.15, 0.2) is 6.67 Å². The number of nitrogens with one attached hydrogen (secondary N) is 1. The minimum Gasteiger partial charge on any atom is -0.496 e. The van der Waals surface area contributed by atoms with Crippen LogP contribution in [0.5, 0.6) is 5.75 Å². The van der Waals surface area contributed by atoms with Gasteiger partial charge in [-0.25, -0.2) is 4.90 Å². The molecule has 5 nitrogen and oxygen atoms in total. The van der Waals surface area contributed by atoms with E-state index in [1.54, 1.807) is 7.11 Å². The van der Waals surface area contributed by atoms with E-state index in [-0.39, 0.29) is 17.2 Å². The maximum Gasteiger partial charge on any atom is 0.234 e. The fourth-order valence-corrected chi connectivity index (χ4v) is 3.49. The molecule has 1 aromatic carbocycles. The summed E-state index contributed by atoms with van der Waals surface area (Å²) in [5, 5.41) is 0. The van der Waals surface area contributed by atoms with Gasteiger partial charge in [-0.1, -0.05) is 29.8 Å². The van der Waals surface area contributed by atoms with Crippen LogP contribution in [0.25, 0.3) is 0 Å². The first-order valence-electron chi connectivity index (χ1n) is 8.25. The highest BCUT2D eigenvalue weighted by Gasteiger charge is 2.40. The average molecular weight is 398 g/mol. The number of carbonyl (C=O) groups excluding carboxylic acids is 2. The maximum atomic E-state index is 12.4. The van der Waals surface area contributed by atoms with Crippen LogP contribution in [0.2, 0.25) is 0 Å². The number of hydrogen-bond donors (Lipinski definition) is 1. The summed E-state index contributed by atoms with van der Waals surface area (Å²) in [7, 11) is 3.62. The second kappa shape index (κ2) is 7.66. The summed E-state index contributed by atoms with van der Waals surface area (Å²) in [6, 6.07) is 5.86. The second-order valence-corrected chi connectivity index (χ2v) is 7.90. The predicted molar refractivity (Wildman–Crippen MR) is 95.6 cm³/mol. The normalized spacial score (nSPS) is 18.6. The van der Waals surface area contributed by atoms with Crippen LogP contribution in [-0.2, 0) is 16.1 Å². The molecule has 0 saturated carbocycles. The SMILES string of the molecule is CCC1(C)CC(=O)N(C[NH+](C)Cc2cc(Br)ccc2OC)C(=O)C1. The Morgan fingerprint density at radius 1 is 1.29 bits per heavy atom. The van der Waals surface area contributed by atoms with Crippen molar-refractivity contribution in [3.63, 3.8) is 0 Å². The van der Waals surface area contributed by atoms with Gasteiger partial charge in [0.2, 0.25) is 11.8 Å². The van der Waals surface area contributed by atoms with Gasteiger partial charge >= 0.3 is 0 Å². The topological polar surface area (TPSA) is 51.1 Å². The fourth-order valence-electron chi connectivity index (χ4n) is 3.09. The summed E-state index contributed by atoms with van der Waals surface area (Å²) in [6.45, 7) is 5.11. The zero-order chi connectivity index (χ0) is 17.9. The monoisotopic (exact) mass is 397 g/mol. The van der Waals surface area contributed by atoms with Crippen LogP contribution in [0, 0.1) is 5.41 Å². The molecule has 0 spiro atoms. The molecule has 1 fully saturated rings. The van der Waals surface area contributed by atoms with Crippen molar-refractivity contribution < 1.29 is 19.2 Å². The van der Waals surface area contributed by atoms with Gasteiger partial charge in [-0.15, -0.1) is 0 Å². The Kier molecular flexibility index (Phi) is 6.04. The van der Waals surface area contributed by atoms with Crippen LogP contribution in [0.4, 0.5) is 0 Å². The number of piperidine rings is 1. The predicted octanol–water partition coefficient (Wildman–Crippen LogP) is 2.00. The van der Waals surface area contributed by atoms with Gasteiger partial charge in [0, 0.05) is 22.9 Å². The van der Waals surface area contributed by atoms with Crippen molar-refractivity contribution in [2.45, 2.75) is 39.7 Å². The van der Waals surface area contributed by atoms with Gasteiger partial charge in [-0.2, -0.15) is 0 Å². The van der Waals surface area contributed by atoms with Gasteiger partial charge in [-0.05, 0) is 30.0 Å². The van der Waals surface area contributed by atoms with Gasteiger partial charge in [0.1, 0.15) is 12.3 Å². The lowest BCUT2D eigenvalue weighted by Crippen LogP contribution is -3.09. The average Bonchev–Trinajstić information content (AvgIpc) is 2.51. The molecule has 1 heterocycles. The third kappa shape index (κ3) is 4.36. The van der Waals surface area contributed by atoms with Crippen LogP contribution < -0.4 is 9.64 Å². The van der Waals surface area contributed by atoms with Gasteiger partial charge < -0.3 is 9.64 Å². The van der Waals surface area contributed by atoms with Crippen LogP contribution >= 0.6 is 15.9 Å². The number of rotatable bonds is 6. The molecule has 1 N–H and O–H groups in total. The number of imide groups is 1. The molecule has 1 unspecified atom stereocenters. The highest BCUT2D eigenvalue weighted by molar-refractivity contribution is 9.10. The van der Waals surface area contributed by atoms with E-state index in [0.717, 1.165) is 27.1 Å². The number of methoxy groups -OCH3 is 1. The Labute approximate surface area is 152 Å². The molecule has 1 aromatic rings. The number of halogens is 1. The van der Waals surface area contributed by atoms with E-state index in [4.69, 9.17) is 4.74 Å². The molecule has 0 aromatic heterocycles. The maximum absolute atomic E-state index is 12.4. The van der Waals surface area contributed by atoms with Crippen molar-refractivity contribution in [3.05, 3.63) is 28.2 Å². The molecule has 6 heteroatoms. The van der Waals surface area contributed by atoms with Crippen molar-refractivity contribution in [2.24, 2.45) is 5.41 Å². The van der Waals surface area contributed by atoms with E-state index in [9.17, 15) is 9.59 Å². The van der Waals surface area contributed by atoms with Crippen molar-refractivity contribution in [2.75, 3.05) is 20.8 Å². The third-order valence-electron chi connectivity index (χ3n) is 4.77. The van der Waals surface area contributed by atoms with Crippen molar-refractivity contribution in [3.8, 4) is 5.75 Å². The molecule has 2 amide bonds. The van der Waals surface area contributed by atoms with E-state index >= 15 is 0 Å². The lowest BCUT2D eigenvalue weighted by Gasteiger charge is -2.37. The molecule has 0 aliphatic carbocycles. The zero-order valence-corrected chi connectivity index (χ0v) is 16.4. The van der Waals surface area contributed by atoms with Crippen LogP contribution in [-0.4, -0.2) is 37.5 Å². The quantitative estimate of drug-likeness (QED) is 0.746. The summed E-state index contributed by atoms with van der Waals surface area (Å²) in [5.74, 6) is 0.694. The van der Waals surface area contributed by atoms with Gasteiger partial charge in [0.25, 0.3) is 0 Å². The molecular formula is C18H26BrN2O3+. The zero-order valence-electron chi connectivity index (χ0n) is 14.8. The molecule has 2 rings (SSSR count). The van der Waals surface area contributed by atoms with E-state index in [2.05, 4.69) is 15.9 Å². The molecule has 0 radical (unpaired) electrons. The smallest absolute Gasteiger partial charge is 0.234 e. The highest BCUT2D eigenvalue weighted by atomic mass is 79.9. The largest absolute Gasteiger partial charge is 0.496 e. The van der Waals surface area contributed by atoms with E-state index in [1.807, 2.05) is 39.1 Å². The minimum absolute atomic E-state index is 0.0591. The first-order chi connectivity index (χ1) is 11.3. The first kappa shape index (κ1) is 18.9. The Hall–Kier alpha value is -1.40. The molecule has 1 aliphatic heterocycles. The summed E-state index contributed by atoms with van der Waals surface area (Å²) in [5.41, 5.74) is 0.853. The number of ether oxygens (including phenoxy) is 1. The second-order valence-electron chi connectivity index (χ2n) is 6.98. The third-order valence-corrected chi connectivity index (χ3v) is 5.27. The summed E-state index contributed by atoms with van der Waals surface area (Å²) in [4.78, 5) is 27.3. The van der Waals surface area contributed by atoms with Crippen LogP contribution in [0.3, 0.4) is 0 Å². The van der Waals surface area contributed by atoms with E-state index in [0.29, 0.717) is 26.1 Å². The molecule has 24 heavy (non-hydrogen) atoms. The molecule has 1 atom stereocenters. The van der Waals surface area contributed by atoms with Crippen molar-refractivity contribution in [1.82, 2.24) is 4.90 Å². The first-order valence-corrected chi connectivity index (χ1v) is 9.04. The lowest BCUT2D eigenvalue weighted by atomic mass is 9.77. The standard InChI is InChI=1S/C18H25BrN2O3/c1-5-18(2)9-16(22)21(17(23)10-18)12-20(3)11-13-8-14(19)6-7-15(13)24-4/h6-8H,5,9-12H2,1-4H3/p+1. The lowest BCUT2D eigenvalue weighted by molar-refractivity contribution is -0.901. The van der Waals surface area contributed by atoms with Crippen molar-refractivity contribution in [1.29, 1.82) is 0 Å². The number of carbonyl (C=O) groups is 2. The van der Waals surface area contributed by atoms with E-state index < -0.39 is 0 Å². The Morgan fingerprint density at radius 3 is 2.46 bits per heavy atom. The number of nitrogens with zero attached hydrogens (tertiary/aromatic N) is 1. The Balaban J connectivity index is 2.05. The molecule has 132 valence electrons. The number of amides is 2. The molecular weight excluding hydrogens is 372 g/mol. The van der Waals surface area contributed by atoms with Gasteiger partial charge in [0.05, 0.1) is 14.2 Å². The number of quaternary nitrogens is 1. The Bertz CT molecular complexity index is 615. The minimum atomic E-state index is -0.188. The summed E-state index contributed by atoms with van der Waals surface area (Å²) >= 11 is 3.47. The van der Waals surface area contributed by atoms with Crippen LogP contribution in [0.1, 0.15) is 38.7 Å². The summed E-state index contributed by atoms with van der Waals surface area (Å²) in [6.07, 6.45) is 1.74. The molecule has 1 aliphatic rings. The Morgan fingerprint density at radius 2 is 1.92 bits per heavy atom. The van der Waals surface area contributed by atoms with E-state index in [1.165, 1.54) is 4.90 Å². The number of hydrogen-bond acceptors (Lipinski definition) is 3. The highest BCUT2D eigenvalue weighted by Crippen LogP contribution is 2.35. The molecule has 1 saturated heterocycles. The summed E-state index contributed by atoms with van der Waals surface area (Å²) < 4.78 is 6.38. The van der Waals surface area contributed by atoms with Crippen LogP contribution in [0.15, 0.2) is 22.7 Å². The van der Waals surface area contributed by atoms with Gasteiger partial charge in [-0.3, -0.25) is 9.59 Å².